The van der Waals surface area contributed by atoms with Crippen LogP contribution in [0.15, 0.2) is 455 Å². The second kappa shape index (κ2) is 31.6. The maximum Gasteiger partial charge on any atom is 0.0794 e. The van der Waals surface area contributed by atoms with Crippen LogP contribution < -0.4 is 0 Å². The molecule has 129 heavy (non-hydrogen) atoms. The van der Waals surface area contributed by atoms with E-state index in [0.717, 1.165) is 50.3 Å². The molecule has 0 atom stereocenters. The largest absolute Gasteiger partial charge is 0.247 e. The van der Waals surface area contributed by atoms with Crippen molar-refractivity contribution in [2.24, 2.45) is 0 Å². The van der Waals surface area contributed by atoms with Gasteiger partial charge in [-0.1, -0.05) is 364 Å². The van der Waals surface area contributed by atoms with Crippen molar-refractivity contribution in [3.8, 4) is 101 Å². The van der Waals surface area contributed by atoms with E-state index in [0.29, 0.717) is 0 Å². The summed E-state index contributed by atoms with van der Waals surface area (Å²) in [4.78, 5) is 16.1. The van der Waals surface area contributed by atoms with Gasteiger partial charge in [0.2, 0.25) is 0 Å². The van der Waals surface area contributed by atoms with Gasteiger partial charge in [0.15, 0.2) is 0 Å². The Labute approximate surface area is 756 Å². The summed E-state index contributed by atoms with van der Waals surface area (Å²) >= 11 is 5.62. The predicted molar refractivity (Wildman–Crippen MR) is 558 cm³/mol. The van der Waals surface area contributed by atoms with Crippen molar-refractivity contribution >= 4 is 192 Å². The summed E-state index contributed by atoms with van der Waals surface area (Å²) in [7, 11) is 0. The van der Waals surface area contributed by atoms with Crippen LogP contribution in [0.3, 0.4) is 0 Å². The number of hydrogen-bond acceptors (Lipinski definition) is 6. The molecule has 0 fully saturated rings. The van der Waals surface area contributed by atoms with Crippen molar-refractivity contribution < 1.29 is 0 Å². The van der Waals surface area contributed by atoms with Gasteiger partial charge in [0.25, 0.3) is 0 Å². The minimum Gasteiger partial charge on any atom is -0.247 e. The third-order valence-corrected chi connectivity index (χ3v) is 29.6. The van der Waals surface area contributed by atoms with Gasteiger partial charge in [0, 0.05) is 110 Å². The normalized spacial score (nSPS) is 11.7. The summed E-state index contributed by atoms with van der Waals surface area (Å²) < 4.78 is 7.97. The average Bonchev–Trinajstić information content (AvgIpc) is 1.72. The van der Waals surface area contributed by atoms with Gasteiger partial charge in [-0.3, -0.25) is 0 Å². The number of thiophene rings is 3. The summed E-state index contributed by atoms with van der Waals surface area (Å²) in [6, 6.07) is 164. The number of hydrogen-bond donors (Lipinski definition) is 0. The molecule has 6 aromatic heterocycles. The minimum absolute atomic E-state index is 0.986. The van der Waals surface area contributed by atoms with E-state index in [-0.39, 0.29) is 0 Å². The zero-order chi connectivity index (χ0) is 85.0. The molecule has 3 nitrogen and oxygen atoms in total. The first-order chi connectivity index (χ1) is 63.9. The molecule has 6 heterocycles. The van der Waals surface area contributed by atoms with Gasteiger partial charge in [0.1, 0.15) is 0 Å². The molecule has 21 aromatic carbocycles. The molecule has 0 unspecified atom stereocenters. The van der Waals surface area contributed by atoms with Crippen LogP contribution in [0.4, 0.5) is 0 Å². The summed E-state index contributed by atoms with van der Waals surface area (Å²) in [6.45, 7) is 0. The molecule has 27 aromatic rings. The molecule has 0 saturated heterocycles. The maximum absolute atomic E-state index is 5.39. The van der Waals surface area contributed by atoms with Gasteiger partial charge in [0.05, 0.1) is 33.6 Å². The van der Waals surface area contributed by atoms with E-state index in [2.05, 4.69) is 455 Å². The molecular formula is C123H75N3S3. The van der Waals surface area contributed by atoms with Crippen molar-refractivity contribution in [3.63, 3.8) is 0 Å². The third-order valence-electron chi connectivity index (χ3n) is 26.0. The van der Waals surface area contributed by atoms with Crippen LogP contribution in [0.1, 0.15) is 0 Å². The fourth-order valence-corrected chi connectivity index (χ4v) is 23.5. The number of benzene rings is 21. The first-order valence-electron chi connectivity index (χ1n) is 43.9. The molecule has 0 bridgehead atoms. The summed E-state index contributed by atoms with van der Waals surface area (Å²) in [5.74, 6) is 0. The van der Waals surface area contributed by atoms with Crippen molar-refractivity contribution in [2.45, 2.75) is 0 Å². The summed E-state index contributed by atoms with van der Waals surface area (Å²) in [5, 5.41) is 26.2. The zero-order valence-electron chi connectivity index (χ0n) is 69.9. The molecule has 27 rings (SSSR count). The van der Waals surface area contributed by atoms with Crippen LogP contribution in [0, 0.1) is 0 Å². The SMILES string of the molecule is c1ccc(-c2ccc3c(c2)c2ccccc2c2ccc(-c4cccc(-c5cccc6c5sc5ccccc56)c4)nc23)cc1.c1ccc(-c2ccc3c(c2)c2ccccc2c2nc(-c4cccc(-c5cccc6c5sc5ccccc56)c4)ccc32)cc1.c1ccc(-c2ccc3c4ccccc4c4ccc(-c5cccc(-c6cccc7c6sc6ccccc67)c5)nc4c3c2)cc1. The Morgan fingerprint density at radius 2 is 0.349 bits per heavy atom. The van der Waals surface area contributed by atoms with E-state index in [9.17, 15) is 0 Å². The van der Waals surface area contributed by atoms with Gasteiger partial charge in [-0.05, 0) is 206 Å². The molecule has 0 spiro atoms. The standard InChI is InChI=1S/3C41H25NS/c1-2-10-26(11-3-1)27-20-21-32-35-22-23-38(42-40(35)34-16-5-4-14-31(34)37(32)25-27)29-13-8-12-28(24-29)30-17-9-18-36-33-15-6-7-19-39(33)43-41(30)36;1-2-10-26(11-3-1)27-20-21-33-31-14-4-5-15-32(31)35-22-23-38(42-40(35)37(33)25-27)29-13-8-12-28(24-29)30-17-9-18-36-34-16-6-7-19-39(34)43-41(30)36;1-2-10-26(11-3-1)27-20-21-35-37(25-27)32-15-5-4-14-31(32)34-22-23-38(42-40(34)35)29-13-8-12-28(24-29)30-17-9-18-36-33-16-6-7-19-39(33)43-41(30)36/h3*1-25H. The molecule has 0 aliphatic rings. The van der Waals surface area contributed by atoms with Crippen LogP contribution in [-0.4, -0.2) is 15.0 Å². The highest BCUT2D eigenvalue weighted by molar-refractivity contribution is 7.27. The van der Waals surface area contributed by atoms with Crippen molar-refractivity contribution in [2.75, 3.05) is 0 Å². The van der Waals surface area contributed by atoms with Gasteiger partial charge < -0.3 is 0 Å². The molecule has 0 aliphatic carbocycles. The molecule has 0 amide bonds. The topological polar surface area (TPSA) is 38.7 Å². The molecule has 600 valence electrons. The maximum atomic E-state index is 5.39. The Kier molecular flexibility index (Phi) is 18.5. The Morgan fingerprint density at radius 3 is 0.729 bits per heavy atom. The predicted octanol–water partition coefficient (Wildman–Crippen LogP) is 35.7. The number of pyridine rings is 3. The summed E-state index contributed by atoms with van der Waals surface area (Å²) in [5.41, 5.74) is 24.2. The first kappa shape index (κ1) is 75.6. The second-order valence-electron chi connectivity index (χ2n) is 33.4. The highest BCUT2D eigenvalue weighted by Gasteiger charge is 2.21. The molecule has 0 saturated carbocycles. The third kappa shape index (κ3) is 13.3. The molecule has 6 heteroatoms. The fraction of sp³-hybridized carbons (Fsp3) is 0. The Morgan fingerprint density at radius 1 is 0.124 bits per heavy atom. The molecule has 0 N–H and O–H groups in total. The second-order valence-corrected chi connectivity index (χ2v) is 36.5. The van der Waals surface area contributed by atoms with E-state index >= 15 is 0 Å². The van der Waals surface area contributed by atoms with Gasteiger partial charge in [-0.25, -0.2) is 15.0 Å². The van der Waals surface area contributed by atoms with Crippen LogP contribution in [0.25, 0.3) is 258 Å². The van der Waals surface area contributed by atoms with Gasteiger partial charge in [-0.15, -0.1) is 34.0 Å². The minimum atomic E-state index is 0.986. The Bertz CT molecular complexity index is 9170. The smallest absolute Gasteiger partial charge is 0.0794 e. The van der Waals surface area contributed by atoms with Crippen LogP contribution in [-0.2, 0) is 0 Å². The highest BCUT2D eigenvalue weighted by Crippen LogP contribution is 2.48. The number of fused-ring (bicyclic) bond motifs is 27. The zero-order valence-corrected chi connectivity index (χ0v) is 72.3. The number of nitrogens with zero attached hydrogens (tertiary/aromatic N) is 3. The highest BCUT2D eigenvalue weighted by atomic mass is 32.1. The van der Waals surface area contributed by atoms with E-state index in [1.165, 1.54) is 208 Å². The lowest BCUT2D eigenvalue weighted by Crippen LogP contribution is -1.90. The van der Waals surface area contributed by atoms with E-state index in [4.69, 9.17) is 15.0 Å². The quantitative estimate of drug-likeness (QED) is 0.135. The van der Waals surface area contributed by atoms with Crippen LogP contribution in [0.5, 0.6) is 0 Å². The van der Waals surface area contributed by atoms with E-state index in [1.54, 1.807) is 0 Å². The Hall–Kier alpha value is -15.9. The summed E-state index contributed by atoms with van der Waals surface area (Å²) in [6.07, 6.45) is 0. The fourth-order valence-electron chi connectivity index (χ4n) is 19.8. The number of aromatic nitrogens is 3. The lowest BCUT2D eigenvalue weighted by Gasteiger charge is -2.13. The van der Waals surface area contributed by atoms with Crippen LogP contribution in [0.2, 0.25) is 0 Å². The van der Waals surface area contributed by atoms with Crippen molar-refractivity contribution in [1.29, 1.82) is 0 Å². The van der Waals surface area contributed by atoms with Crippen LogP contribution >= 0.6 is 34.0 Å². The van der Waals surface area contributed by atoms with E-state index < -0.39 is 0 Å². The number of rotatable bonds is 9. The van der Waals surface area contributed by atoms with Gasteiger partial charge in [-0.2, -0.15) is 0 Å². The van der Waals surface area contributed by atoms with E-state index in [1.807, 2.05) is 34.0 Å². The lowest BCUT2D eigenvalue weighted by atomic mass is 9.93. The van der Waals surface area contributed by atoms with Crippen molar-refractivity contribution in [1.82, 2.24) is 15.0 Å². The molecule has 0 aliphatic heterocycles. The molecule has 0 radical (unpaired) electrons. The monoisotopic (exact) mass is 1690 g/mol. The average molecular weight is 1690 g/mol. The van der Waals surface area contributed by atoms with Gasteiger partial charge >= 0.3 is 0 Å². The van der Waals surface area contributed by atoms with Crippen molar-refractivity contribution in [3.05, 3.63) is 455 Å². The molecular weight excluding hydrogens is 1620 g/mol. The lowest BCUT2D eigenvalue weighted by molar-refractivity contribution is 1.41. The Balaban J connectivity index is 0.000000105. The first-order valence-corrected chi connectivity index (χ1v) is 46.4.